The number of likely N-dealkylation sites (tertiary alicyclic amines) is 2. The number of nitrogens with one attached hydrogen (secondary N) is 10. The normalized spacial score (nSPS) is 16.9. The van der Waals surface area contributed by atoms with E-state index in [1.165, 1.54) is 17.4 Å². The predicted molar refractivity (Wildman–Crippen MR) is 339 cm³/mol. The second-order valence-corrected chi connectivity index (χ2v) is 23.7. The number of guanidine groups is 1. The van der Waals surface area contributed by atoms with Crippen LogP contribution in [0.1, 0.15) is 122 Å². The lowest BCUT2D eigenvalue weighted by molar-refractivity contribution is -0.146. The van der Waals surface area contributed by atoms with E-state index in [2.05, 4.69) is 57.5 Å². The number of aromatic amines is 1. The van der Waals surface area contributed by atoms with Gasteiger partial charge in [0.25, 0.3) is 0 Å². The van der Waals surface area contributed by atoms with Gasteiger partial charge >= 0.3 is 17.9 Å². The van der Waals surface area contributed by atoms with Crippen LogP contribution in [-0.4, -0.2) is 241 Å². The van der Waals surface area contributed by atoms with E-state index in [-0.39, 0.29) is 121 Å². The van der Waals surface area contributed by atoms with Crippen molar-refractivity contribution in [3.63, 3.8) is 0 Å². The maximum Gasteiger partial charge on any atom is 0.326 e. The predicted octanol–water partition coefficient (Wildman–Crippen LogP) is -9.46. The third kappa shape index (κ3) is 28.0. The van der Waals surface area contributed by atoms with Gasteiger partial charge in [-0.05, 0) is 83.1 Å². The highest BCUT2D eigenvalue weighted by molar-refractivity contribution is 6.02. The minimum Gasteiger partial charge on any atom is -0.481 e. The number of hydrogen-bond donors (Lipinski definition) is 20. The first kappa shape index (κ1) is 81.6. The number of carboxylic acid groups (broad SMARTS) is 3. The van der Waals surface area contributed by atoms with E-state index >= 15 is 0 Å². The largest absolute Gasteiger partial charge is 0.481 e. The Morgan fingerprint density at radius 3 is 1.43 bits per heavy atom. The van der Waals surface area contributed by atoms with Crippen LogP contribution in [0.5, 0.6) is 0 Å². The fraction of sp³-hybridized carbons (Fsp3) is 0.632. The first-order valence-corrected chi connectivity index (χ1v) is 31.4. The molecule has 11 atom stereocenters. The number of aromatic nitrogens is 2. The van der Waals surface area contributed by atoms with Gasteiger partial charge in [-0.25, -0.2) is 9.78 Å². The van der Waals surface area contributed by atoms with Gasteiger partial charge in [-0.3, -0.25) is 81.7 Å². The van der Waals surface area contributed by atoms with Crippen molar-refractivity contribution in [3.05, 3.63) is 18.2 Å². The molecule has 2 aliphatic heterocycles. The molecule has 0 aliphatic carbocycles. The molecule has 27 N–H and O–H groups in total. The molecule has 0 aromatic carbocycles. The van der Waals surface area contributed by atoms with E-state index in [0.29, 0.717) is 6.42 Å². The highest BCUT2D eigenvalue weighted by atomic mass is 16.4. The number of nitrogens with two attached hydrogens (primary N) is 7. The first-order chi connectivity index (χ1) is 46.1. The summed E-state index contributed by atoms with van der Waals surface area (Å²) in [5.74, 6) is -20.6. The highest BCUT2D eigenvalue weighted by Crippen LogP contribution is 2.23. The number of aliphatic carboxylic acids is 3. The summed E-state index contributed by atoms with van der Waals surface area (Å²) in [7, 11) is 0. The Kier molecular flexibility index (Phi) is 33.9. The van der Waals surface area contributed by atoms with Crippen LogP contribution in [0.2, 0.25) is 0 Å². The van der Waals surface area contributed by atoms with Crippen molar-refractivity contribution in [1.29, 1.82) is 0 Å². The first-order valence-electron chi connectivity index (χ1n) is 31.4. The van der Waals surface area contributed by atoms with Crippen molar-refractivity contribution >= 4 is 107 Å². The molecule has 98 heavy (non-hydrogen) atoms. The Balaban J connectivity index is 1.88. The third-order valence-electron chi connectivity index (χ3n) is 15.3. The average molecular weight is 1390 g/mol. The van der Waals surface area contributed by atoms with Gasteiger partial charge in [0.2, 0.25) is 82.7 Å². The third-order valence-corrected chi connectivity index (χ3v) is 15.3. The summed E-state index contributed by atoms with van der Waals surface area (Å²) < 4.78 is 0. The van der Waals surface area contributed by atoms with Crippen LogP contribution in [0.25, 0.3) is 0 Å². The summed E-state index contributed by atoms with van der Waals surface area (Å²) in [5, 5.41) is 50.5. The summed E-state index contributed by atoms with van der Waals surface area (Å²) >= 11 is 0. The molecule has 2 fully saturated rings. The van der Waals surface area contributed by atoms with Gasteiger partial charge in [0.05, 0.1) is 38.6 Å². The number of hydrogen-bond acceptors (Lipinski definition) is 21. The lowest BCUT2D eigenvalue weighted by atomic mass is 10.0. The summed E-state index contributed by atoms with van der Waals surface area (Å²) in [5.41, 5.74) is 38.3. The van der Waals surface area contributed by atoms with Crippen molar-refractivity contribution in [2.75, 3.05) is 32.7 Å². The molecule has 0 bridgehead atoms. The number of primary amides is 3. The average Bonchev–Trinajstić information content (AvgIpc) is 1.62. The van der Waals surface area contributed by atoms with Gasteiger partial charge in [-0.2, -0.15) is 0 Å². The number of H-pyrrole nitrogens is 1. The molecule has 1 aromatic rings. The lowest BCUT2D eigenvalue weighted by Gasteiger charge is -2.32. The molecule has 1 aromatic heterocycles. The van der Waals surface area contributed by atoms with Crippen LogP contribution in [0, 0.1) is 5.92 Å². The number of rotatable bonds is 44. The molecular weight excluding hydrogens is 1300 g/mol. The van der Waals surface area contributed by atoms with Crippen molar-refractivity contribution in [2.24, 2.45) is 51.0 Å². The van der Waals surface area contributed by atoms with E-state index in [1.54, 1.807) is 13.8 Å². The molecule has 0 unspecified atom stereocenters. The molecule has 0 spiro atoms. The van der Waals surface area contributed by atoms with Crippen LogP contribution in [-0.2, 0) is 87.9 Å². The fourth-order valence-electron chi connectivity index (χ4n) is 10.6. The highest BCUT2D eigenvalue weighted by Gasteiger charge is 2.44. The van der Waals surface area contributed by atoms with Crippen molar-refractivity contribution in [2.45, 2.75) is 189 Å². The number of carboxylic acids is 3. The molecule has 3 rings (SSSR count). The molecule has 0 radical (unpaired) electrons. The smallest absolute Gasteiger partial charge is 0.326 e. The molecule has 544 valence electrons. The molecule has 41 heteroatoms. The van der Waals surface area contributed by atoms with Crippen molar-refractivity contribution in [1.82, 2.24) is 67.6 Å². The number of amides is 14. The Morgan fingerprint density at radius 2 is 0.969 bits per heavy atom. The summed E-state index contributed by atoms with van der Waals surface area (Å²) in [4.78, 5) is 238. The number of imidazole rings is 1. The Hall–Kier alpha value is -10.6. The number of aliphatic imine (C=N–C) groups is 1. The molecule has 14 amide bonds. The number of carbonyl (C=O) groups excluding carboxylic acids is 14. The van der Waals surface area contributed by atoms with E-state index in [4.69, 9.17) is 40.1 Å². The van der Waals surface area contributed by atoms with Gasteiger partial charge in [-0.1, -0.05) is 13.8 Å². The quantitative estimate of drug-likeness (QED) is 0.0164. The van der Waals surface area contributed by atoms with Crippen LogP contribution >= 0.6 is 0 Å². The molecular formula is C57H91N21O20. The zero-order valence-electron chi connectivity index (χ0n) is 54.3. The maximum atomic E-state index is 14.4. The molecule has 41 nitrogen and oxygen atoms in total. The van der Waals surface area contributed by atoms with Gasteiger partial charge in [0.1, 0.15) is 66.5 Å². The minimum atomic E-state index is -2.24. The number of nitrogens with zero attached hydrogens (tertiary/aromatic N) is 4. The van der Waals surface area contributed by atoms with E-state index in [0.717, 1.165) is 4.90 Å². The minimum absolute atomic E-state index is 0.0207. The summed E-state index contributed by atoms with van der Waals surface area (Å²) in [6.45, 7) is 2.77. The number of unbranched alkanes of at least 4 members (excludes halogenated alkanes) is 1. The zero-order chi connectivity index (χ0) is 73.5. The molecule has 2 aliphatic rings. The SMILES string of the molecule is CC(C)C[C@H](NC(=O)[C@H](CC(N)=O)NC(=O)[C@@H]1CCCN1C(=O)[C@H](CC(N)=O)NC(=O)[C@H](CC(=O)O)NC(=O)[C@H](CC(=O)O)NC(=O)[C@H](CCCCN)NC(=O)[C@H](Cc1cnc[nH]1)NC(=O)[C@H](CCC(N)=O)NC(=O)CN)C(=O)N1CCC[C@H]1C(=O)N[C@@H](CCCN=C(N)N)C(=O)O. The summed E-state index contributed by atoms with van der Waals surface area (Å²) in [6, 6.07) is -18.4. The fourth-order valence-corrected chi connectivity index (χ4v) is 10.6. The summed E-state index contributed by atoms with van der Waals surface area (Å²) in [6.07, 6.45) is -2.38. The monoisotopic (exact) mass is 1390 g/mol. The maximum absolute atomic E-state index is 14.4. The standard InChI is InChI=1S/C57H91N21O20/c1-27(2)18-36(54(95)77-16-6-10-38(77)52(93)70-31(56(97)98)9-5-15-66-57(63)64)75-49(90)33(20-41(61)80)74-53(94)39-11-7-17-78(39)55(96)37(21-42(62)81)76-51(92)35(23-45(85)86)73-50(91)34(22-44(83)84)72-46(87)29(8-3-4-14-58)69-48(89)32(19-28-25-65-26-67-28)71-47(88)30(12-13-40(60)79)68-43(82)24-59/h25-27,29-39H,3-24,58-59H2,1-2H3,(H2,60,79)(H2,61,80)(H2,62,81)(H,65,67)(H,68,82)(H,69,89)(H,70,93)(H,71,88)(H,72,87)(H,73,91)(H,74,94)(H,75,90)(H,76,92)(H,83,84)(H,85,86)(H,97,98)(H4,63,64,66)/t29-,30-,31-,32-,33-,34-,35-,36-,37-,38-,39-/m0/s1. The van der Waals surface area contributed by atoms with Crippen LogP contribution in [0.15, 0.2) is 17.5 Å². The molecule has 3 heterocycles. The van der Waals surface area contributed by atoms with E-state index in [9.17, 15) is 96.8 Å². The van der Waals surface area contributed by atoms with E-state index < -0.39 is 199 Å². The van der Waals surface area contributed by atoms with Crippen LogP contribution < -0.4 is 88.0 Å². The van der Waals surface area contributed by atoms with Crippen LogP contribution in [0.4, 0.5) is 0 Å². The van der Waals surface area contributed by atoms with Gasteiger partial charge < -0.3 is 118 Å². The second-order valence-electron chi connectivity index (χ2n) is 23.7. The van der Waals surface area contributed by atoms with E-state index in [1.807, 2.05) is 5.32 Å². The molecule has 2 saturated heterocycles. The van der Waals surface area contributed by atoms with Gasteiger partial charge in [0, 0.05) is 44.4 Å². The number of carbonyl (C=O) groups is 17. The topological polar surface area (TPSA) is 689 Å². The van der Waals surface area contributed by atoms with Crippen molar-refractivity contribution in [3.8, 4) is 0 Å². The van der Waals surface area contributed by atoms with Crippen LogP contribution in [0.3, 0.4) is 0 Å². The van der Waals surface area contributed by atoms with Gasteiger partial charge in [0.15, 0.2) is 5.96 Å². The Labute approximate surface area is 560 Å². The lowest BCUT2D eigenvalue weighted by Crippen LogP contribution is -2.61. The molecule has 0 saturated carbocycles. The van der Waals surface area contributed by atoms with Gasteiger partial charge in [-0.15, -0.1) is 0 Å². The van der Waals surface area contributed by atoms with Crippen molar-refractivity contribution < 1.29 is 96.8 Å². The zero-order valence-corrected chi connectivity index (χ0v) is 54.3. The Bertz CT molecular complexity index is 3070. The Morgan fingerprint density at radius 1 is 0.531 bits per heavy atom. The second kappa shape index (κ2) is 40.7.